The van der Waals surface area contributed by atoms with E-state index >= 15 is 0 Å². The van der Waals surface area contributed by atoms with Crippen LogP contribution in [-0.2, 0) is 4.79 Å². The lowest BCUT2D eigenvalue weighted by atomic mass is 9.31. The Bertz CT molecular complexity index is 874. The number of carboxylic acid groups (broad SMARTS) is 1. The van der Waals surface area contributed by atoms with E-state index < -0.39 is 11.4 Å². The van der Waals surface area contributed by atoms with Crippen LogP contribution in [0.15, 0.2) is 11.6 Å². The second-order valence-corrected chi connectivity index (χ2v) is 14.5. The van der Waals surface area contributed by atoms with Crippen LogP contribution >= 0.6 is 0 Å². The average molecular weight is 457 g/mol. The van der Waals surface area contributed by atoms with Crippen LogP contribution < -0.4 is 0 Å². The van der Waals surface area contributed by atoms with Gasteiger partial charge in [-0.25, -0.2) is 0 Å². The zero-order valence-corrected chi connectivity index (χ0v) is 22.2. The van der Waals surface area contributed by atoms with Crippen molar-refractivity contribution in [3.05, 3.63) is 11.6 Å². The van der Waals surface area contributed by atoms with Crippen molar-refractivity contribution in [3.63, 3.8) is 0 Å². The Morgan fingerprint density at radius 2 is 1.61 bits per heavy atom. The van der Waals surface area contributed by atoms with Crippen LogP contribution in [0, 0.1) is 56.7 Å². The number of hydrogen-bond donors (Lipinski definition) is 2. The van der Waals surface area contributed by atoms with Crippen molar-refractivity contribution in [3.8, 4) is 0 Å². The molecule has 0 unspecified atom stereocenters. The smallest absolute Gasteiger partial charge is 0.310 e. The van der Waals surface area contributed by atoms with Crippen LogP contribution in [0.4, 0.5) is 0 Å². The van der Waals surface area contributed by atoms with E-state index in [1.807, 2.05) is 0 Å². The highest BCUT2D eigenvalue weighted by Gasteiger charge is 2.71. The molecule has 0 bridgehead atoms. The normalized spacial score (nSPS) is 55.3. The summed E-state index contributed by atoms with van der Waals surface area (Å²) in [7, 11) is 0. The number of hydrogen-bond acceptors (Lipinski definition) is 2. The molecule has 0 radical (unpaired) electrons. The number of aliphatic carboxylic acids is 1. The summed E-state index contributed by atoms with van der Waals surface area (Å²) >= 11 is 0. The van der Waals surface area contributed by atoms with Crippen LogP contribution in [0.5, 0.6) is 0 Å². The van der Waals surface area contributed by atoms with Gasteiger partial charge < -0.3 is 10.2 Å². The summed E-state index contributed by atoms with van der Waals surface area (Å²) in [6, 6.07) is 0. The summed E-state index contributed by atoms with van der Waals surface area (Å²) in [5.41, 5.74) is 1.55. The molecule has 0 aromatic carbocycles. The van der Waals surface area contributed by atoms with Gasteiger partial charge in [0.05, 0.1) is 11.5 Å². The number of rotatable bonds is 1. The van der Waals surface area contributed by atoms with Gasteiger partial charge in [-0.15, -0.1) is 0 Å². The zero-order valence-electron chi connectivity index (χ0n) is 22.2. The van der Waals surface area contributed by atoms with E-state index in [0.717, 1.165) is 32.1 Å². The molecule has 5 rings (SSSR count). The first-order valence-electron chi connectivity index (χ1n) is 13.8. The first-order chi connectivity index (χ1) is 15.3. The van der Waals surface area contributed by atoms with Crippen molar-refractivity contribution in [2.75, 3.05) is 0 Å². The predicted molar refractivity (Wildman–Crippen MR) is 133 cm³/mol. The van der Waals surface area contributed by atoms with Gasteiger partial charge in [-0.2, -0.15) is 0 Å². The molecule has 0 aliphatic heterocycles. The largest absolute Gasteiger partial charge is 0.481 e. The van der Waals surface area contributed by atoms with Gasteiger partial charge in [0.25, 0.3) is 0 Å². The Hall–Kier alpha value is -0.830. The van der Waals surface area contributed by atoms with Gasteiger partial charge in [0.15, 0.2) is 0 Å². The number of carboxylic acids is 1. The molecular weight excluding hydrogens is 408 g/mol. The molecule has 3 heteroatoms. The van der Waals surface area contributed by atoms with Gasteiger partial charge in [0.1, 0.15) is 0 Å². The highest BCUT2D eigenvalue weighted by molar-refractivity contribution is 5.76. The van der Waals surface area contributed by atoms with Crippen molar-refractivity contribution < 1.29 is 15.0 Å². The molecule has 5 aliphatic carbocycles. The van der Waals surface area contributed by atoms with Gasteiger partial charge in [0, 0.05) is 0 Å². The molecule has 0 spiro atoms. The summed E-state index contributed by atoms with van der Waals surface area (Å²) in [4.78, 5) is 12.8. The van der Waals surface area contributed by atoms with Crippen LogP contribution in [0.1, 0.15) is 106 Å². The lowest BCUT2D eigenvalue weighted by Crippen LogP contribution is -2.67. The minimum atomic E-state index is -0.565. The Kier molecular flexibility index (Phi) is 5.15. The molecule has 4 fully saturated rings. The molecule has 0 saturated heterocycles. The number of aliphatic hydroxyl groups excluding tert-OH is 1. The lowest BCUT2D eigenvalue weighted by molar-refractivity contribution is -0.252. The molecule has 33 heavy (non-hydrogen) atoms. The van der Waals surface area contributed by atoms with E-state index in [4.69, 9.17) is 0 Å². The van der Waals surface area contributed by atoms with Gasteiger partial charge >= 0.3 is 5.97 Å². The van der Waals surface area contributed by atoms with Crippen molar-refractivity contribution >= 4 is 5.97 Å². The Balaban J connectivity index is 1.57. The summed E-state index contributed by atoms with van der Waals surface area (Å²) in [6.45, 7) is 16.9. The molecule has 2 N–H and O–H groups in total. The highest BCUT2D eigenvalue weighted by Crippen LogP contribution is 2.76. The van der Waals surface area contributed by atoms with Crippen LogP contribution in [-0.4, -0.2) is 22.3 Å². The Morgan fingerprint density at radius 1 is 0.909 bits per heavy atom. The maximum absolute atomic E-state index is 12.8. The molecule has 3 nitrogen and oxygen atoms in total. The number of allylic oxidation sites excluding steroid dienone is 2. The first-order valence-corrected chi connectivity index (χ1v) is 13.8. The average Bonchev–Trinajstić information content (AvgIpc) is 2.74. The molecule has 10 atom stereocenters. The van der Waals surface area contributed by atoms with E-state index in [1.165, 1.54) is 31.3 Å². The fraction of sp³-hybridized carbons (Fsp3) is 0.900. The number of carbonyl (C=O) groups is 1. The minimum Gasteiger partial charge on any atom is -0.481 e. The predicted octanol–water partition coefficient (Wildman–Crippen LogP) is 7.09. The zero-order chi connectivity index (χ0) is 24.2. The van der Waals surface area contributed by atoms with Crippen molar-refractivity contribution in [1.29, 1.82) is 0 Å². The third-order valence-corrected chi connectivity index (χ3v) is 13.5. The molecule has 0 amide bonds. The SMILES string of the molecule is CC1=CC[C@]2(C(=O)O)CC[C@]3(C)[C@H](CC[C@@H]4[C@@]5(C)CC[C@H](O)C(C)(C)[C@@H]5CC[C@]43C)[C@@H]2[C@H]1C. The van der Waals surface area contributed by atoms with E-state index in [1.54, 1.807) is 0 Å². The van der Waals surface area contributed by atoms with Gasteiger partial charge in [-0.1, -0.05) is 53.2 Å². The maximum Gasteiger partial charge on any atom is 0.310 e. The number of fused-ring (bicyclic) bond motifs is 7. The molecule has 0 heterocycles. The van der Waals surface area contributed by atoms with E-state index in [2.05, 4.69) is 54.5 Å². The van der Waals surface area contributed by atoms with Crippen molar-refractivity contribution in [1.82, 2.24) is 0 Å². The fourth-order valence-electron chi connectivity index (χ4n) is 11.3. The highest BCUT2D eigenvalue weighted by atomic mass is 16.4. The van der Waals surface area contributed by atoms with E-state index in [-0.39, 0.29) is 33.7 Å². The first kappa shape index (κ1) is 23.9. The summed E-state index contributed by atoms with van der Waals surface area (Å²) in [5.74, 6) is 1.81. The minimum absolute atomic E-state index is 0.0170. The van der Waals surface area contributed by atoms with Crippen LogP contribution in [0.3, 0.4) is 0 Å². The lowest BCUT2D eigenvalue weighted by Gasteiger charge is -2.73. The van der Waals surface area contributed by atoms with Crippen LogP contribution in [0.25, 0.3) is 0 Å². The van der Waals surface area contributed by atoms with Crippen molar-refractivity contribution in [2.24, 2.45) is 56.7 Å². The van der Waals surface area contributed by atoms with E-state index in [9.17, 15) is 15.0 Å². The molecule has 4 saturated carbocycles. The van der Waals surface area contributed by atoms with Gasteiger partial charge in [0.2, 0.25) is 0 Å². The Labute approximate surface area is 201 Å². The summed E-state index contributed by atoms with van der Waals surface area (Å²) in [6.07, 6.45) is 11.6. The molecule has 5 aliphatic rings. The van der Waals surface area contributed by atoms with Gasteiger partial charge in [-0.05, 0) is 116 Å². The summed E-state index contributed by atoms with van der Waals surface area (Å²) < 4.78 is 0. The van der Waals surface area contributed by atoms with Crippen molar-refractivity contribution in [2.45, 2.75) is 112 Å². The third kappa shape index (κ3) is 2.75. The Morgan fingerprint density at radius 3 is 2.27 bits per heavy atom. The maximum atomic E-state index is 12.8. The van der Waals surface area contributed by atoms with Crippen LogP contribution in [0.2, 0.25) is 0 Å². The van der Waals surface area contributed by atoms with E-state index in [0.29, 0.717) is 23.7 Å². The molecule has 186 valence electrons. The molecule has 0 aromatic heterocycles. The number of aliphatic hydroxyl groups is 1. The summed E-state index contributed by atoms with van der Waals surface area (Å²) in [5, 5.41) is 21.4. The monoisotopic (exact) mass is 456 g/mol. The second-order valence-electron chi connectivity index (χ2n) is 14.5. The standard InChI is InChI=1S/C30H48O3/c1-18-10-15-30(25(32)33)17-16-28(6)20(24(30)19(18)2)8-9-22-27(5)13-12-23(31)26(3,4)21(27)11-14-29(22,28)7/h10,19-24,31H,8-9,11-17H2,1-7H3,(H,32,33)/t19-,20+,21-,22+,23-,24-,27-,28+,29+,30-/m0/s1. The quantitative estimate of drug-likeness (QED) is 0.414. The molecule has 0 aromatic rings. The second kappa shape index (κ2) is 7.11. The van der Waals surface area contributed by atoms with Gasteiger partial charge in [-0.3, -0.25) is 4.79 Å². The topological polar surface area (TPSA) is 57.5 Å². The molecular formula is C30H48O3. The third-order valence-electron chi connectivity index (χ3n) is 13.5. The fourth-order valence-corrected chi connectivity index (χ4v) is 11.3.